The van der Waals surface area contributed by atoms with E-state index < -0.39 is 6.10 Å². The molecule has 4 heteroatoms. The first-order chi connectivity index (χ1) is 6.77. The van der Waals surface area contributed by atoms with Gasteiger partial charge in [0.05, 0.1) is 17.5 Å². The second-order valence-corrected chi connectivity index (χ2v) is 3.33. The molecule has 0 radical (unpaired) electrons. The van der Waals surface area contributed by atoms with Gasteiger partial charge in [0.1, 0.15) is 6.10 Å². The van der Waals surface area contributed by atoms with E-state index in [-0.39, 0.29) is 0 Å². The number of nitrogens with zero attached hydrogens (tertiary/aromatic N) is 1. The maximum Gasteiger partial charge on any atom is 0.109 e. The molecular formula is C10H8ClNO2. The summed E-state index contributed by atoms with van der Waals surface area (Å²) in [6.07, 6.45) is 5.36. The Morgan fingerprint density at radius 3 is 2.86 bits per heavy atom. The first kappa shape index (κ1) is 9.24. The van der Waals surface area contributed by atoms with E-state index >= 15 is 0 Å². The van der Waals surface area contributed by atoms with Crippen molar-refractivity contribution in [2.24, 2.45) is 0 Å². The molecule has 3 nitrogen and oxygen atoms in total. The highest BCUT2D eigenvalue weighted by molar-refractivity contribution is 6.30. The molecule has 2 heterocycles. The monoisotopic (exact) mass is 209 g/mol. The van der Waals surface area contributed by atoms with Crippen molar-refractivity contribution in [2.75, 3.05) is 0 Å². The van der Waals surface area contributed by atoms with Gasteiger partial charge in [-0.1, -0.05) is 11.6 Å². The summed E-state index contributed by atoms with van der Waals surface area (Å²) in [5.74, 6) is 0. The van der Waals surface area contributed by atoms with E-state index in [0.717, 1.165) is 0 Å². The van der Waals surface area contributed by atoms with Crippen LogP contribution >= 0.6 is 11.6 Å². The Balaban J connectivity index is 2.32. The molecule has 2 aromatic heterocycles. The second-order valence-electron chi connectivity index (χ2n) is 2.90. The van der Waals surface area contributed by atoms with E-state index in [0.29, 0.717) is 16.1 Å². The summed E-state index contributed by atoms with van der Waals surface area (Å²) in [7, 11) is 0. The molecule has 2 rings (SSSR count). The molecule has 0 saturated heterocycles. The Hall–Kier alpha value is -1.32. The Morgan fingerprint density at radius 1 is 1.36 bits per heavy atom. The molecule has 1 N–H and O–H groups in total. The lowest BCUT2D eigenvalue weighted by molar-refractivity contribution is 0.219. The number of hydrogen-bond acceptors (Lipinski definition) is 3. The van der Waals surface area contributed by atoms with Crippen LogP contribution in [0.25, 0.3) is 0 Å². The van der Waals surface area contributed by atoms with Crippen LogP contribution in [0, 0.1) is 0 Å². The smallest absolute Gasteiger partial charge is 0.109 e. The van der Waals surface area contributed by atoms with Crippen molar-refractivity contribution in [3.8, 4) is 0 Å². The summed E-state index contributed by atoms with van der Waals surface area (Å²) in [4.78, 5) is 3.89. The molecule has 0 amide bonds. The van der Waals surface area contributed by atoms with E-state index in [1.165, 1.54) is 18.7 Å². The molecule has 72 valence electrons. The van der Waals surface area contributed by atoms with E-state index in [4.69, 9.17) is 16.0 Å². The highest BCUT2D eigenvalue weighted by atomic mass is 35.5. The zero-order chi connectivity index (χ0) is 9.97. The van der Waals surface area contributed by atoms with Gasteiger partial charge in [0.25, 0.3) is 0 Å². The molecular weight excluding hydrogens is 202 g/mol. The molecule has 14 heavy (non-hydrogen) atoms. The number of aliphatic hydroxyl groups excluding tert-OH is 1. The summed E-state index contributed by atoms with van der Waals surface area (Å²) in [5.41, 5.74) is 1.34. The predicted octanol–water partition coefficient (Wildman–Crippen LogP) is 2.41. The molecule has 0 aromatic carbocycles. The number of pyridine rings is 1. The summed E-state index contributed by atoms with van der Waals surface area (Å²) < 4.78 is 4.87. The van der Waals surface area contributed by atoms with Gasteiger partial charge in [-0.25, -0.2) is 0 Å². The van der Waals surface area contributed by atoms with Gasteiger partial charge in [0, 0.05) is 23.5 Å². The standard InChI is InChI=1S/C10H8ClNO2/c11-9-3-8(4-12-5-9)10(13)7-1-2-14-6-7/h1-6,10,13H. The second kappa shape index (κ2) is 3.82. The summed E-state index contributed by atoms with van der Waals surface area (Å²) in [6.45, 7) is 0. The van der Waals surface area contributed by atoms with Crippen LogP contribution < -0.4 is 0 Å². The number of furan rings is 1. The minimum Gasteiger partial charge on any atom is -0.472 e. The quantitative estimate of drug-likeness (QED) is 0.826. The number of halogens is 1. The SMILES string of the molecule is OC(c1ccoc1)c1cncc(Cl)c1. The maximum absolute atomic E-state index is 9.85. The van der Waals surface area contributed by atoms with E-state index in [1.807, 2.05) is 0 Å². The molecule has 0 aliphatic carbocycles. The van der Waals surface area contributed by atoms with Crippen LogP contribution in [0.2, 0.25) is 5.02 Å². The van der Waals surface area contributed by atoms with Crippen LogP contribution in [0.1, 0.15) is 17.2 Å². The fourth-order valence-electron chi connectivity index (χ4n) is 1.20. The number of hydrogen-bond donors (Lipinski definition) is 1. The summed E-state index contributed by atoms with van der Waals surface area (Å²) in [5, 5.41) is 10.4. The molecule has 0 saturated carbocycles. The molecule has 1 atom stereocenters. The predicted molar refractivity (Wildman–Crippen MR) is 52.0 cm³/mol. The summed E-state index contributed by atoms with van der Waals surface area (Å²) >= 11 is 5.75. The third kappa shape index (κ3) is 1.78. The van der Waals surface area contributed by atoms with Gasteiger partial charge in [-0.05, 0) is 12.1 Å². The van der Waals surface area contributed by atoms with Crippen LogP contribution in [0.4, 0.5) is 0 Å². The van der Waals surface area contributed by atoms with Crippen LogP contribution in [-0.2, 0) is 0 Å². The molecule has 1 unspecified atom stereocenters. The third-order valence-corrected chi connectivity index (χ3v) is 2.11. The molecule has 2 aromatic rings. The van der Waals surface area contributed by atoms with Crippen molar-refractivity contribution in [1.29, 1.82) is 0 Å². The first-order valence-corrected chi connectivity index (χ1v) is 4.46. The zero-order valence-corrected chi connectivity index (χ0v) is 7.98. The van der Waals surface area contributed by atoms with Crippen molar-refractivity contribution in [3.05, 3.63) is 53.2 Å². The minimum absolute atomic E-state index is 0.505. The van der Waals surface area contributed by atoms with E-state index in [9.17, 15) is 5.11 Å². The average molecular weight is 210 g/mol. The van der Waals surface area contributed by atoms with Gasteiger partial charge < -0.3 is 9.52 Å². The van der Waals surface area contributed by atoms with Gasteiger partial charge in [-0.15, -0.1) is 0 Å². The maximum atomic E-state index is 9.85. The van der Waals surface area contributed by atoms with E-state index in [2.05, 4.69) is 4.98 Å². The number of aliphatic hydroxyl groups is 1. The average Bonchev–Trinajstić information content (AvgIpc) is 2.69. The van der Waals surface area contributed by atoms with Gasteiger partial charge in [0.15, 0.2) is 0 Å². The molecule has 0 aliphatic rings. The fourth-order valence-corrected chi connectivity index (χ4v) is 1.38. The lowest BCUT2D eigenvalue weighted by Gasteiger charge is -2.07. The number of rotatable bonds is 2. The fraction of sp³-hybridized carbons (Fsp3) is 0.100. The topological polar surface area (TPSA) is 46.3 Å². The third-order valence-electron chi connectivity index (χ3n) is 1.90. The van der Waals surface area contributed by atoms with Gasteiger partial charge in [0.2, 0.25) is 0 Å². The van der Waals surface area contributed by atoms with Crippen LogP contribution in [-0.4, -0.2) is 10.1 Å². The lowest BCUT2D eigenvalue weighted by Crippen LogP contribution is -1.98. The van der Waals surface area contributed by atoms with Crippen molar-refractivity contribution >= 4 is 11.6 Å². The van der Waals surface area contributed by atoms with Crippen molar-refractivity contribution in [1.82, 2.24) is 4.98 Å². The van der Waals surface area contributed by atoms with Crippen molar-refractivity contribution < 1.29 is 9.52 Å². The largest absolute Gasteiger partial charge is 0.472 e. The van der Waals surface area contributed by atoms with E-state index in [1.54, 1.807) is 18.3 Å². The number of aromatic nitrogens is 1. The summed E-state index contributed by atoms with van der Waals surface area (Å²) in [6, 6.07) is 3.37. The van der Waals surface area contributed by atoms with Gasteiger partial charge >= 0.3 is 0 Å². The van der Waals surface area contributed by atoms with Crippen LogP contribution in [0.5, 0.6) is 0 Å². The Bertz CT molecular complexity index is 414. The highest BCUT2D eigenvalue weighted by Gasteiger charge is 2.11. The van der Waals surface area contributed by atoms with Crippen LogP contribution in [0.15, 0.2) is 41.5 Å². The van der Waals surface area contributed by atoms with Crippen molar-refractivity contribution in [3.63, 3.8) is 0 Å². The Morgan fingerprint density at radius 2 is 2.21 bits per heavy atom. The molecule has 0 fully saturated rings. The first-order valence-electron chi connectivity index (χ1n) is 4.08. The Kier molecular flexibility index (Phi) is 2.52. The Labute approximate surface area is 86.0 Å². The normalized spacial score (nSPS) is 12.7. The van der Waals surface area contributed by atoms with Crippen LogP contribution in [0.3, 0.4) is 0 Å². The van der Waals surface area contributed by atoms with Crippen molar-refractivity contribution in [2.45, 2.75) is 6.10 Å². The van der Waals surface area contributed by atoms with Gasteiger partial charge in [-0.3, -0.25) is 4.98 Å². The zero-order valence-electron chi connectivity index (χ0n) is 7.22. The lowest BCUT2D eigenvalue weighted by atomic mass is 10.1. The molecule has 0 bridgehead atoms. The molecule has 0 spiro atoms. The molecule has 0 aliphatic heterocycles. The minimum atomic E-state index is -0.736. The van der Waals surface area contributed by atoms with Gasteiger partial charge in [-0.2, -0.15) is 0 Å². The highest BCUT2D eigenvalue weighted by Crippen LogP contribution is 2.23.